The molecule has 5 heterocycles. The molecule has 0 amide bonds. The Morgan fingerprint density at radius 2 is 0.613 bits per heavy atom. The van der Waals surface area contributed by atoms with Crippen LogP contribution in [0.2, 0.25) is 0 Å². The van der Waals surface area contributed by atoms with Crippen LogP contribution in [0, 0.1) is 0 Å². The molecule has 3 aromatic heterocycles. The van der Waals surface area contributed by atoms with Crippen molar-refractivity contribution in [3.63, 3.8) is 0 Å². The third kappa shape index (κ3) is 6.70. The largest absolute Gasteiger partial charge is 0.436 e. The molecule has 0 spiro atoms. The van der Waals surface area contributed by atoms with E-state index in [9.17, 15) is 0 Å². The summed E-state index contributed by atoms with van der Waals surface area (Å²) in [5.74, 6) is 1.26. The van der Waals surface area contributed by atoms with E-state index in [0.717, 1.165) is 101 Å². The lowest BCUT2D eigenvalue weighted by Crippen LogP contribution is -2.23. The number of para-hydroxylation sites is 14. The standard InChI is InChI=1S/C65H43N7O3/c1-69-49-26-6-10-30-53(49)71(54-31-11-7-27-50(54)69)42-21-17-19-40(37-42)60-44(63-66-46-23-3-14-34-57(46)73-63)39-45(64-67-47-24-4-15-35-58(47)74-64)61(62(60)65-68-48-25-5-16-36-59(48)75-65)41-20-18-22-43(38-41)72-55-32-12-8-28-51(55)70(2)52-29-9-13-33-56(52)72/h3-39H,1-2H3. The number of rotatable bonds is 7. The summed E-state index contributed by atoms with van der Waals surface area (Å²) in [6, 6.07) is 77.3. The van der Waals surface area contributed by atoms with Gasteiger partial charge in [-0.1, -0.05) is 109 Å². The lowest BCUT2D eigenvalue weighted by atomic mass is 9.84. The van der Waals surface area contributed by atoms with E-state index in [2.05, 4.69) is 185 Å². The zero-order chi connectivity index (χ0) is 49.7. The van der Waals surface area contributed by atoms with E-state index in [1.807, 2.05) is 72.8 Å². The SMILES string of the molecule is CN1c2ccccc2N(c2cccc(-c3c(-c4nc5ccccc5o4)cc(-c4nc5ccccc5o4)c(-c4cccc(N5c6ccccc6N(C)c6ccccc65)c4)c3-c3nc4ccccc4o3)c2)c2ccccc21. The number of aromatic nitrogens is 3. The predicted octanol–water partition coefficient (Wildman–Crippen LogP) is 17.5. The van der Waals surface area contributed by atoms with Crippen LogP contribution < -0.4 is 19.6 Å². The van der Waals surface area contributed by atoms with Gasteiger partial charge in [-0.25, -0.2) is 15.0 Å². The van der Waals surface area contributed by atoms with Crippen LogP contribution in [-0.2, 0) is 0 Å². The number of hydrogen-bond acceptors (Lipinski definition) is 10. The van der Waals surface area contributed by atoms with Gasteiger partial charge in [0.2, 0.25) is 17.7 Å². The third-order valence-corrected chi connectivity index (χ3v) is 14.6. The van der Waals surface area contributed by atoms with Crippen molar-refractivity contribution in [3.05, 3.63) is 224 Å². The van der Waals surface area contributed by atoms with Crippen LogP contribution >= 0.6 is 0 Å². The topological polar surface area (TPSA) is 91.1 Å². The van der Waals surface area contributed by atoms with Crippen molar-refractivity contribution in [1.82, 2.24) is 15.0 Å². The third-order valence-electron chi connectivity index (χ3n) is 14.6. The molecule has 0 saturated carbocycles. The van der Waals surface area contributed by atoms with E-state index in [-0.39, 0.29) is 0 Å². The maximum Gasteiger partial charge on any atom is 0.228 e. The molecule has 0 fully saturated rings. The van der Waals surface area contributed by atoms with Gasteiger partial charge in [0.15, 0.2) is 16.7 Å². The molecule has 356 valence electrons. The zero-order valence-electron chi connectivity index (χ0n) is 40.7. The summed E-state index contributed by atoms with van der Waals surface area (Å²) in [7, 11) is 4.25. The van der Waals surface area contributed by atoms with Gasteiger partial charge in [0.25, 0.3) is 0 Å². The van der Waals surface area contributed by atoms with Gasteiger partial charge in [-0.2, -0.15) is 0 Å². The molecular weight excluding hydrogens is 927 g/mol. The van der Waals surface area contributed by atoms with Crippen LogP contribution in [0.5, 0.6) is 0 Å². The maximum atomic E-state index is 7.04. The fourth-order valence-electron chi connectivity index (χ4n) is 11.2. The molecule has 0 atom stereocenters. The van der Waals surface area contributed by atoms with E-state index < -0.39 is 0 Å². The second-order valence-corrected chi connectivity index (χ2v) is 18.9. The van der Waals surface area contributed by atoms with E-state index in [4.69, 9.17) is 28.2 Å². The number of hydrogen-bond donors (Lipinski definition) is 0. The average molecular weight is 970 g/mol. The van der Waals surface area contributed by atoms with Crippen molar-refractivity contribution < 1.29 is 13.3 Å². The number of anilines is 10. The van der Waals surface area contributed by atoms with Gasteiger partial charge in [0.1, 0.15) is 16.6 Å². The van der Waals surface area contributed by atoms with E-state index in [1.54, 1.807) is 0 Å². The van der Waals surface area contributed by atoms with E-state index >= 15 is 0 Å². The van der Waals surface area contributed by atoms with Gasteiger partial charge in [-0.15, -0.1) is 0 Å². The van der Waals surface area contributed by atoms with Crippen molar-refractivity contribution in [2.45, 2.75) is 0 Å². The normalized spacial score (nSPS) is 12.8. The van der Waals surface area contributed by atoms with Gasteiger partial charge in [0, 0.05) is 47.7 Å². The smallest absolute Gasteiger partial charge is 0.228 e. The van der Waals surface area contributed by atoms with Crippen molar-refractivity contribution >= 4 is 90.2 Å². The summed E-state index contributed by atoms with van der Waals surface area (Å²) in [5, 5.41) is 0. The molecule has 10 heteroatoms. The first-order valence-corrected chi connectivity index (χ1v) is 25.0. The number of fused-ring (bicyclic) bond motifs is 7. The highest BCUT2D eigenvalue weighted by Gasteiger charge is 2.34. The van der Waals surface area contributed by atoms with Crippen molar-refractivity contribution in [2.75, 3.05) is 33.7 Å². The Labute approximate surface area is 431 Å². The molecule has 0 N–H and O–H groups in total. The van der Waals surface area contributed by atoms with Gasteiger partial charge in [-0.05, 0) is 126 Å². The minimum absolute atomic E-state index is 0.415. The Morgan fingerprint density at radius 1 is 0.293 bits per heavy atom. The van der Waals surface area contributed by atoms with Gasteiger partial charge in [0.05, 0.1) is 51.1 Å². The molecule has 2 aliphatic rings. The van der Waals surface area contributed by atoms with Crippen LogP contribution in [-0.4, -0.2) is 29.0 Å². The summed E-state index contributed by atoms with van der Waals surface area (Å²) >= 11 is 0. The Bertz CT molecular complexity index is 3980. The van der Waals surface area contributed by atoms with Crippen molar-refractivity contribution in [3.8, 4) is 56.6 Å². The molecule has 2 aliphatic heterocycles. The molecule has 10 nitrogen and oxygen atoms in total. The molecule has 0 unspecified atom stereocenters. The molecule has 75 heavy (non-hydrogen) atoms. The highest BCUT2D eigenvalue weighted by molar-refractivity contribution is 6.08. The van der Waals surface area contributed by atoms with Gasteiger partial charge >= 0.3 is 0 Å². The highest BCUT2D eigenvalue weighted by atomic mass is 16.4. The molecule has 0 saturated heterocycles. The van der Waals surface area contributed by atoms with E-state index in [1.165, 1.54) is 0 Å². The Morgan fingerprint density at radius 3 is 0.987 bits per heavy atom. The van der Waals surface area contributed by atoms with Gasteiger partial charge in [-0.3, -0.25) is 0 Å². The fourth-order valence-corrected chi connectivity index (χ4v) is 11.2. The van der Waals surface area contributed by atoms with Crippen LogP contribution in [0.4, 0.5) is 56.9 Å². The second kappa shape index (κ2) is 16.7. The molecule has 0 bridgehead atoms. The van der Waals surface area contributed by atoms with Crippen molar-refractivity contribution in [1.29, 1.82) is 0 Å². The van der Waals surface area contributed by atoms with Gasteiger partial charge < -0.3 is 32.9 Å². The summed E-state index contributed by atoms with van der Waals surface area (Å²) in [5.41, 5.74) is 20.2. The number of oxazole rings is 3. The summed E-state index contributed by atoms with van der Waals surface area (Å²) < 4.78 is 20.7. The second-order valence-electron chi connectivity index (χ2n) is 18.9. The Kier molecular flexibility index (Phi) is 9.46. The highest BCUT2D eigenvalue weighted by Crippen LogP contribution is 2.56. The van der Waals surface area contributed by atoms with E-state index in [0.29, 0.717) is 45.5 Å². The van der Waals surface area contributed by atoms with Crippen LogP contribution in [0.25, 0.3) is 89.9 Å². The monoisotopic (exact) mass is 969 g/mol. The van der Waals surface area contributed by atoms with Crippen LogP contribution in [0.15, 0.2) is 238 Å². The molecule has 0 radical (unpaired) electrons. The van der Waals surface area contributed by atoms with Crippen LogP contribution in [0.1, 0.15) is 0 Å². The molecule has 0 aliphatic carbocycles. The van der Waals surface area contributed by atoms with Crippen LogP contribution in [0.3, 0.4) is 0 Å². The molecular formula is C65H43N7O3. The predicted molar refractivity (Wildman–Crippen MR) is 302 cm³/mol. The zero-order valence-corrected chi connectivity index (χ0v) is 40.7. The Balaban J connectivity index is 1.07. The summed E-state index contributed by atoms with van der Waals surface area (Å²) in [6.45, 7) is 0. The first-order chi connectivity index (χ1) is 37.0. The number of benzene rings is 10. The molecule has 10 aromatic carbocycles. The lowest BCUT2D eigenvalue weighted by Gasteiger charge is -2.38. The summed E-state index contributed by atoms with van der Waals surface area (Å²) in [6.07, 6.45) is 0. The van der Waals surface area contributed by atoms with Crippen molar-refractivity contribution in [2.24, 2.45) is 0 Å². The Hall–Kier alpha value is -10.2. The molecule has 15 rings (SSSR count). The first-order valence-electron chi connectivity index (χ1n) is 25.0. The number of nitrogens with zero attached hydrogens (tertiary/aromatic N) is 7. The first kappa shape index (κ1) is 42.5. The minimum atomic E-state index is 0.415. The fraction of sp³-hybridized carbons (Fsp3) is 0.0308. The minimum Gasteiger partial charge on any atom is -0.436 e. The quantitative estimate of drug-likeness (QED) is 0.154. The summed E-state index contributed by atoms with van der Waals surface area (Å²) in [4.78, 5) is 25.0. The molecule has 13 aromatic rings. The average Bonchev–Trinajstić information content (AvgIpc) is 4.24. The maximum absolute atomic E-state index is 7.04. The lowest BCUT2D eigenvalue weighted by molar-refractivity contribution is 0.615.